The second-order valence-corrected chi connectivity index (χ2v) is 4.07. The molecule has 5 nitrogen and oxygen atoms in total. The molecule has 2 N–H and O–H groups in total. The fourth-order valence-electron chi connectivity index (χ4n) is 1.54. The quantitative estimate of drug-likeness (QED) is 0.542. The molecule has 0 aliphatic heterocycles. The standard InChI is InChI=1S/C12H26N2O3/c1-4-5-6-13-12(16)11(2)14(7-9-15)8-10-17-3/h11,15H,4-10H2,1-3H3,(H,13,16). The van der Waals surface area contributed by atoms with E-state index in [2.05, 4.69) is 12.2 Å². The van der Waals surface area contributed by atoms with Crippen LogP contribution in [0.15, 0.2) is 0 Å². The first kappa shape index (κ1) is 16.4. The average molecular weight is 246 g/mol. The molecule has 0 saturated carbocycles. The molecule has 0 aliphatic carbocycles. The van der Waals surface area contributed by atoms with Gasteiger partial charge < -0.3 is 15.2 Å². The van der Waals surface area contributed by atoms with Crippen molar-refractivity contribution in [1.29, 1.82) is 0 Å². The molecule has 5 heteroatoms. The van der Waals surface area contributed by atoms with Gasteiger partial charge in [0.2, 0.25) is 5.91 Å². The van der Waals surface area contributed by atoms with Crippen LogP contribution in [-0.2, 0) is 9.53 Å². The monoisotopic (exact) mass is 246 g/mol. The summed E-state index contributed by atoms with van der Waals surface area (Å²) in [6.45, 7) is 6.42. The van der Waals surface area contributed by atoms with Crippen LogP contribution in [0.1, 0.15) is 26.7 Å². The van der Waals surface area contributed by atoms with Crippen molar-refractivity contribution in [3.63, 3.8) is 0 Å². The predicted octanol–water partition coefficient (Wildman–Crippen LogP) is 0.232. The van der Waals surface area contributed by atoms with Crippen molar-refractivity contribution >= 4 is 5.91 Å². The highest BCUT2D eigenvalue weighted by Gasteiger charge is 2.19. The maximum Gasteiger partial charge on any atom is 0.237 e. The molecule has 1 atom stereocenters. The third-order valence-corrected chi connectivity index (χ3v) is 2.73. The van der Waals surface area contributed by atoms with Crippen LogP contribution in [-0.4, -0.2) is 61.9 Å². The molecule has 0 aromatic carbocycles. The maximum atomic E-state index is 11.8. The molecular weight excluding hydrogens is 220 g/mol. The number of hydrogen-bond acceptors (Lipinski definition) is 4. The second kappa shape index (κ2) is 10.5. The van der Waals surface area contributed by atoms with Crippen molar-refractivity contribution in [2.45, 2.75) is 32.7 Å². The molecule has 0 radical (unpaired) electrons. The number of nitrogens with one attached hydrogen (secondary N) is 1. The van der Waals surface area contributed by atoms with Gasteiger partial charge >= 0.3 is 0 Å². The fraction of sp³-hybridized carbons (Fsp3) is 0.917. The van der Waals surface area contributed by atoms with Crippen molar-refractivity contribution in [1.82, 2.24) is 10.2 Å². The first-order valence-electron chi connectivity index (χ1n) is 6.28. The van der Waals surface area contributed by atoms with E-state index >= 15 is 0 Å². The van der Waals surface area contributed by atoms with Crippen LogP contribution >= 0.6 is 0 Å². The number of carbonyl (C=O) groups excluding carboxylic acids is 1. The highest BCUT2D eigenvalue weighted by Crippen LogP contribution is 1.99. The molecule has 0 spiro atoms. The molecule has 0 fully saturated rings. The van der Waals surface area contributed by atoms with Gasteiger partial charge in [0.1, 0.15) is 0 Å². The Kier molecular flexibility index (Phi) is 10.1. The lowest BCUT2D eigenvalue weighted by Gasteiger charge is -2.27. The number of nitrogens with zero attached hydrogens (tertiary/aromatic N) is 1. The Morgan fingerprint density at radius 3 is 2.71 bits per heavy atom. The number of methoxy groups -OCH3 is 1. The fourth-order valence-corrected chi connectivity index (χ4v) is 1.54. The molecular formula is C12H26N2O3. The predicted molar refractivity (Wildman–Crippen MR) is 67.9 cm³/mol. The number of ether oxygens (including phenoxy) is 1. The summed E-state index contributed by atoms with van der Waals surface area (Å²) in [7, 11) is 1.63. The molecule has 0 saturated heterocycles. The summed E-state index contributed by atoms with van der Waals surface area (Å²) in [5.74, 6) is 0.0167. The Labute approximate surface area is 104 Å². The summed E-state index contributed by atoms with van der Waals surface area (Å²) in [4.78, 5) is 13.7. The number of rotatable bonds is 10. The van der Waals surface area contributed by atoms with Gasteiger partial charge in [-0.05, 0) is 13.3 Å². The third-order valence-electron chi connectivity index (χ3n) is 2.73. The summed E-state index contributed by atoms with van der Waals surface area (Å²) in [5, 5.41) is 11.9. The number of unbranched alkanes of at least 4 members (excludes halogenated alkanes) is 1. The van der Waals surface area contributed by atoms with Crippen LogP contribution in [0.5, 0.6) is 0 Å². The van der Waals surface area contributed by atoms with Crippen molar-refractivity contribution in [2.24, 2.45) is 0 Å². The van der Waals surface area contributed by atoms with Crippen molar-refractivity contribution < 1.29 is 14.6 Å². The van der Waals surface area contributed by atoms with Gasteiger partial charge in [-0.1, -0.05) is 13.3 Å². The topological polar surface area (TPSA) is 61.8 Å². The van der Waals surface area contributed by atoms with Gasteiger partial charge in [-0.2, -0.15) is 0 Å². The minimum atomic E-state index is -0.228. The average Bonchev–Trinajstić information content (AvgIpc) is 2.33. The molecule has 0 aromatic heterocycles. The van der Waals surface area contributed by atoms with Crippen molar-refractivity contribution in [2.75, 3.05) is 40.0 Å². The summed E-state index contributed by atoms with van der Waals surface area (Å²) in [5.41, 5.74) is 0. The summed E-state index contributed by atoms with van der Waals surface area (Å²) < 4.78 is 4.99. The number of aliphatic hydroxyl groups excluding tert-OH is 1. The Hall–Kier alpha value is -0.650. The highest BCUT2D eigenvalue weighted by atomic mass is 16.5. The highest BCUT2D eigenvalue weighted by molar-refractivity contribution is 5.81. The van der Waals surface area contributed by atoms with Gasteiger partial charge in [0.25, 0.3) is 0 Å². The number of hydrogen-bond donors (Lipinski definition) is 2. The zero-order valence-corrected chi connectivity index (χ0v) is 11.2. The number of aliphatic hydroxyl groups is 1. The van der Waals surface area contributed by atoms with E-state index in [0.29, 0.717) is 19.7 Å². The Balaban J connectivity index is 4.08. The van der Waals surface area contributed by atoms with E-state index in [9.17, 15) is 4.79 Å². The summed E-state index contributed by atoms with van der Waals surface area (Å²) in [6.07, 6.45) is 2.06. The lowest BCUT2D eigenvalue weighted by molar-refractivity contribution is -0.126. The molecule has 0 heterocycles. The minimum Gasteiger partial charge on any atom is -0.395 e. The smallest absolute Gasteiger partial charge is 0.237 e. The number of carbonyl (C=O) groups is 1. The van der Waals surface area contributed by atoms with Gasteiger partial charge in [0.05, 0.1) is 19.3 Å². The Morgan fingerprint density at radius 2 is 2.18 bits per heavy atom. The van der Waals surface area contributed by atoms with E-state index in [1.54, 1.807) is 7.11 Å². The second-order valence-electron chi connectivity index (χ2n) is 4.07. The van der Waals surface area contributed by atoms with Gasteiger partial charge in [0.15, 0.2) is 0 Å². The van der Waals surface area contributed by atoms with Gasteiger partial charge in [-0.15, -0.1) is 0 Å². The van der Waals surface area contributed by atoms with E-state index in [0.717, 1.165) is 19.4 Å². The van der Waals surface area contributed by atoms with Gasteiger partial charge in [-0.3, -0.25) is 9.69 Å². The van der Waals surface area contributed by atoms with E-state index in [1.807, 2.05) is 11.8 Å². The van der Waals surface area contributed by atoms with Crippen LogP contribution in [0.4, 0.5) is 0 Å². The largest absolute Gasteiger partial charge is 0.395 e. The lowest BCUT2D eigenvalue weighted by Crippen LogP contribution is -2.47. The van der Waals surface area contributed by atoms with Crippen molar-refractivity contribution in [3.8, 4) is 0 Å². The van der Waals surface area contributed by atoms with Crippen LogP contribution < -0.4 is 5.32 Å². The lowest BCUT2D eigenvalue weighted by atomic mass is 10.2. The Morgan fingerprint density at radius 1 is 1.47 bits per heavy atom. The van der Waals surface area contributed by atoms with Crippen LogP contribution in [0.3, 0.4) is 0 Å². The van der Waals surface area contributed by atoms with Crippen LogP contribution in [0.25, 0.3) is 0 Å². The maximum absolute atomic E-state index is 11.8. The normalized spacial score (nSPS) is 12.8. The zero-order chi connectivity index (χ0) is 13.1. The van der Waals surface area contributed by atoms with Gasteiger partial charge in [0, 0.05) is 26.7 Å². The van der Waals surface area contributed by atoms with Crippen molar-refractivity contribution in [3.05, 3.63) is 0 Å². The zero-order valence-electron chi connectivity index (χ0n) is 11.2. The molecule has 0 rings (SSSR count). The molecule has 17 heavy (non-hydrogen) atoms. The van der Waals surface area contributed by atoms with Gasteiger partial charge in [-0.25, -0.2) is 0 Å². The van der Waals surface area contributed by atoms with Crippen LogP contribution in [0, 0.1) is 0 Å². The first-order valence-corrected chi connectivity index (χ1v) is 6.28. The van der Waals surface area contributed by atoms with E-state index in [1.165, 1.54) is 0 Å². The minimum absolute atomic E-state index is 0.0167. The molecule has 102 valence electrons. The summed E-state index contributed by atoms with van der Waals surface area (Å²) in [6, 6.07) is -0.228. The summed E-state index contributed by atoms with van der Waals surface area (Å²) >= 11 is 0. The SMILES string of the molecule is CCCCNC(=O)C(C)N(CCO)CCOC. The van der Waals surface area contributed by atoms with E-state index < -0.39 is 0 Å². The first-order chi connectivity index (χ1) is 8.17. The van der Waals surface area contributed by atoms with Crippen LogP contribution in [0.2, 0.25) is 0 Å². The Bertz CT molecular complexity index is 200. The molecule has 1 unspecified atom stereocenters. The van der Waals surface area contributed by atoms with E-state index in [-0.39, 0.29) is 18.6 Å². The third kappa shape index (κ3) is 7.31. The van der Waals surface area contributed by atoms with E-state index in [4.69, 9.17) is 9.84 Å². The molecule has 0 bridgehead atoms. The number of amides is 1. The molecule has 0 aliphatic rings. The molecule has 0 aromatic rings. The molecule has 1 amide bonds.